The van der Waals surface area contributed by atoms with E-state index in [2.05, 4.69) is 6.07 Å². The first-order chi connectivity index (χ1) is 16.8. The van der Waals surface area contributed by atoms with Gasteiger partial charge >= 0.3 is 23.9 Å². The molecule has 1 saturated heterocycles. The van der Waals surface area contributed by atoms with Crippen molar-refractivity contribution in [3.8, 4) is 6.07 Å². The number of hydrogen-bond acceptors (Lipinski definition) is 11. The lowest BCUT2D eigenvalue weighted by Gasteiger charge is -2.45. The highest BCUT2D eigenvalue weighted by atomic mass is 32.1. The molecule has 0 aliphatic carbocycles. The lowest BCUT2D eigenvalue weighted by Crippen LogP contribution is -2.60. The van der Waals surface area contributed by atoms with E-state index in [0.717, 1.165) is 26.3 Å². The van der Waals surface area contributed by atoms with Gasteiger partial charge < -0.3 is 28.3 Å². The Bertz CT molecular complexity index is 1150. The highest BCUT2D eigenvalue weighted by molar-refractivity contribution is 7.71. The number of nitriles is 1. The van der Waals surface area contributed by atoms with E-state index < -0.39 is 54.5 Å². The molecule has 36 heavy (non-hydrogen) atoms. The van der Waals surface area contributed by atoms with Crippen molar-refractivity contribution in [1.82, 2.24) is 4.57 Å². The van der Waals surface area contributed by atoms with Gasteiger partial charge in [-0.3, -0.25) is 19.2 Å². The Kier molecular flexibility index (Phi) is 9.72. The second-order valence-corrected chi connectivity index (χ2v) is 8.68. The molecule has 1 aromatic rings. The predicted molar refractivity (Wildman–Crippen MR) is 126 cm³/mol. The summed E-state index contributed by atoms with van der Waals surface area (Å²) < 4.78 is 29.4. The molecular formula is C24H30N2O9S. The minimum absolute atomic E-state index is 0.116. The van der Waals surface area contributed by atoms with Gasteiger partial charge in [-0.2, -0.15) is 5.26 Å². The zero-order valence-corrected chi connectivity index (χ0v) is 22.1. The second kappa shape index (κ2) is 12.1. The van der Waals surface area contributed by atoms with E-state index in [9.17, 15) is 24.4 Å². The number of nitrogens with zero attached hydrogens (tertiary/aromatic N) is 2. The van der Waals surface area contributed by atoms with Crippen LogP contribution in [0.25, 0.3) is 0 Å². The Labute approximate surface area is 214 Å². The van der Waals surface area contributed by atoms with Crippen molar-refractivity contribution in [3.63, 3.8) is 0 Å². The Balaban J connectivity index is 2.84. The van der Waals surface area contributed by atoms with Crippen LogP contribution < -0.4 is 0 Å². The average Bonchev–Trinajstić information content (AvgIpc) is 2.75. The van der Waals surface area contributed by atoms with Crippen LogP contribution in [0.1, 0.15) is 63.2 Å². The molecule has 1 aliphatic rings. The fourth-order valence-corrected chi connectivity index (χ4v) is 4.81. The summed E-state index contributed by atoms with van der Waals surface area (Å²) in [5.74, 6) is -2.81. The molecule has 0 saturated carbocycles. The van der Waals surface area contributed by atoms with Crippen molar-refractivity contribution >= 4 is 36.1 Å². The van der Waals surface area contributed by atoms with Crippen LogP contribution in [-0.2, 0) is 49.3 Å². The maximum atomic E-state index is 12.1. The smallest absolute Gasteiger partial charge is 0.303 e. The molecule has 11 nitrogen and oxygen atoms in total. The van der Waals surface area contributed by atoms with Gasteiger partial charge in [0.25, 0.3) is 0 Å². The fraction of sp³-hybridized carbons (Fsp3) is 0.583. The predicted octanol–water partition coefficient (Wildman–Crippen LogP) is 2.52. The molecule has 12 heteroatoms. The maximum Gasteiger partial charge on any atom is 0.303 e. The fourth-order valence-electron chi connectivity index (χ4n) is 4.37. The molecule has 1 aliphatic heterocycles. The molecule has 0 radical (unpaired) electrons. The second-order valence-electron chi connectivity index (χ2n) is 8.29. The zero-order chi connectivity index (χ0) is 27.3. The van der Waals surface area contributed by atoms with Crippen molar-refractivity contribution in [2.24, 2.45) is 0 Å². The molecule has 1 aromatic heterocycles. The molecule has 0 amide bonds. The summed E-state index contributed by atoms with van der Waals surface area (Å²) in [5, 5.41) is 9.81. The highest BCUT2D eigenvalue weighted by Gasteiger charge is 2.53. The number of rotatable bonds is 7. The molecule has 0 N–H and O–H groups in total. The Morgan fingerprint density at radius 2 is 1.47 bits per heavy atom. The number of carbonyl (C=O) groups excluding carboxylic acids is 4. The van der Waals surface area contributed by atoms with E-state index >= 15 is 0 Å². The van der Waals surface area contributed by atoms with Crippen molar-refractivity contribution in [1.29, 1.82) is 5.26 Å². The molecule has 0 bridgehead atoms. The van der Waals surface area contributed by atoms with Gasteiger partial charge in [0.2, 0.25) is 0 Å². The third-order valence-corrected chi connectivity index (χ3v) is 6.15. The molecule has 0 unspecified atom stereocenters. The Hall–Kier alpha value is -3.30. The van der Waals surface area contributed by atoms with Gasteiger partial charge in [-0.1, -0.05) is 19.1 Å². The van der Waals surface area contributed by atoms with E-state index in [0.29, 0.717) is 17.7 Å². The standard InChI is InChI=1S/C24H30N2O9S/c1-8-17-11(2)18(9-25)24(36)26(12(17)3)23-22(34-16(7)30)21(33-15(6)29)20(32-14(5)28)19(35-23)10-31-13(4)27/h19-23H,8,10H2,1-7H3/t19-,20+,21+,22+,23+/m0/s1. The van der Waals surface area contributed by atoms with Crippen molar-refractivity contribution in [3.05, 3.63) is 27.0 Å². The van der Waals surface area contributed by atoms with Crippen molar-refractivity contribution < 1.29 is 42.9 Å². The molecule has 2 heterocycles. The largest absolute Gasteiger partial charge is 0.463 e. The third kappa shape index (κ3) is 6.27. The van der Waals surface area contributed by atoms with Crippen molar-refractivity contribution in [2.45, 2.75) is 85.5 Å². The molecule has 0 aromatic carbocycles. The SMILES string of the molecule is CCc1c(C)c(C#N)c(=S)n([C@@H]2O[C@@H](COC(C)=O)[C@@H](OC(C)=O)[C@@H](OC(C)=O)[C@H]2OC(C)=O)c1C. The van der Waals surface area contributed by atoms with Gasteiger partial charge in [0, 0.05) is 33.4 Å². The van der Waals surface area contributed by atoms with E-state index in [1.54, 1.807) is 13.8 Å². The summed E-state index contributed by atoms with van der Waals surface area (Å²) in [6.07, 6.45) is -5.73. The van der Waals surface area contributed by atoms with Crippen LogP contribution in [-0.4, -0.2) is 59.5 Å². The van der Waals surface area contributed by atoms with Crippen LogP contribution in [0.4, 0.5) is 0 Å². The van der Waals surface area contributed by atoms with E-state index in [4.69, 9.17) is 35.9 Å². The van der Waals surface area contributed by atoms with Crippen LogP contribution in [0.2, 0.25) is 0 Å². The van der Waals surface area contributed by atoms with Crippen LogP contribution in [0.3, 0.4) is 0 Å². The number of hydrogen-bond donors (Lipinski definition) is 0. The lowest BCUT2D eigenvalue weighted by molar-refractivity contribution is -0.269. The third-order valence-electron chi connectivity index (χ3n) is 5.74. The summed E-state index contributed by atoms with van der Waals surface area (Å²) >= 11 is 5.63. The van der Waals surface area contributed by atoms with E-state index in [1.165, 1.54) is 11.5 Å². The Morgan fingerprint density at radius 1 is 0.944 bits per heavy atom. The van der Waals surface area contributed by atoms with Gasteiger partial charge in [0.15, 0.2) is 24.5 Å². The molecule has 0 spiro atoms. The number of carbonyl (C=O) groups is 4. The zero-order valence-electron chi connectivity index (χ0n) is 21.3. The first-order valence-corrected chi connectivity index (χ1v) is 11.7. The Morgan fingerprint density at radius 3 is 1.94 bits per heavy atom. The van der Waals surface area contributed by atoms with Gasteiger partial charge in [-0.25, -0.2) is 0 Å². The quantitative estimate of drug-likeness (QED) is 0.296. The summed E-state index contributed by atoms with van der Waals surface area (Å²) in [6, 6.07) is 2.12. The van der Waals surface area contributed by atoms with E-state index in [1.807, 2.05) is 6.92 Å². The number of ether oxygens (including phenoxy) is 5. The topological polar surface area (TPSA) is 143 Å². The van der Waals surface area contributed by atoms with Crippen LogP contribution in [0.5, 0.6) is 0 Å². The van der Waals surface area contributed by atoms with Gasteiger partial charge in [-0.05, 0) is 31.4 Å². The molecular weight excluding hydrogens is 492 g/mol. The van der Waals surface area contributed by atoms with Crippen LogP contribution >= 0.6 is 12.2 Å². The first-order valence-electron chi connectivity index (χ1n) is 11.3. The summed E-state index contributed by atoms with van der Waals surface area (Å²) in [6.45, 7) is 9.76. The molecule has 5 atom stereocenters. The number of aromatic nitrogens is 1. The van der Waals surface area contributed by atoms with Crippen molar-refractivity contribution in [2.75, 3.05) is 6.61 Å². The lowest BCUT2D eigenvalue weighted by atomic mass is 9.95. The molecule has 1 fully saturated rings. The van der Waals surface area contributed by atoms with Gasteiger partial charge in [-0.15, -0.1) is 0 Å². The van der Waals surface area contributed by atoms with Crippen LogP contribution in [0, 0.1) is 29.8 Å². The normalized spacial score (nSPS) is 23.2. The van der Waals surface area contributed by atoms with Gasteiger partial charge in [0.1, 0.15) is 23.4 Å². The minimum Gasteiger partial charge on any atom is -0.463 e. The minimum atomic E-state index is -1.34. The van der Waals surface area contributed by atoms with Gasteiger partial charge in [0.05, 0.1) is 5.56 Å². The molecule has 196 valence electrons. The maximum absolute atomic E-state index is 12.1. The first kappa shape index (κ1) is 28.9. The molecule has 2 rings (SSSR count). The summed E-state index contributed by atoms with van der Waals surface area (Å²) in [5.41, 5.74) is 2.41. The average molecular weight is 523 g/mol. The number of pyridine rings is 1. The highest BCUT2D eigenvalue weighted by Crippen LogP contribution is 2.37. The number of esters is 4. The summed E-state index contributed by atoms with van der Waals surface area (Å²) in [4.78, 5) is 47.7. The van der Waals surface area contributed by atoms with E-state index in [-0.39, 0.29) is 16.8 Å². The summed E-state index contributed by atoms with van der Waals surface area (Å²) in [7, 11) is 0. The van der Waals surface area contributed by atoms with Crippen LogP contribution in [0.15, 0.2) is 0 Å². The monoisotopic (exact) mass is 522 g/mol.